The minimum atomic E-state index is -1.06. The molecular formula is C19H15BrFN3O4S. The Morgan fingerprint density at radius 2 is 2.07 bits per heavy atom. The number of carbonyl (C=O) groups excluding carboxylic acids is 1. The summed E-state index contributed by atoms with van der Waals surface area (Å²) in [7, 11) is 0. The third-order valence-electron chi connectivity index (χ3n) is 3.76. The summed E-state index contributed by atoms with van der Waals surface area (Å²) >= 11 is 4.41. The van der Waals surface area contributed by atoms with Gasteiger partial charge in [-0.05, 0) is 35.9 Å². The number of hydrogen-bond donors (Lipinski definition) is 2. The van der Waals surface area contributed by atoms with Crippen molar-refractivity contribution in [2.45, 2.75) is 18.3 Å². The van der Waals surface area contributed by atoms with Crippen LogP contribution in [0.2, 0.25) is 0 Å². The first-order valence-corrected chi connectivity index (χ1v) is 10.0. The van der Waals surface area contributed by atoms with E-state index in [9.17, 15) is 14.0 Å². The molecule has 1 amide bonds. The number of amides is 1. The molecule has 2 aromatic carbocycles. The van der Waals surface area contributed by atoms with Crippen LogP contribution in [0.1, 0.15) is 17.5 Å². The number of amidine groups is 1. The number of carbonyl (C=O) groups is 2. The standard InChI is InChI=1S/C19H15BrFN3O4S/c20-13-3-6-15(28-10-11-1-4-14(21)5-2-11)12(7-13)9-22-24-19-23-18(27)16(29-19)8-17(25)26/h1-7,9,16H,8,10H2,(H,25,26)(H,23,24,27). The Balaban J connectivity index is 1.68. The Hall–Kier alpha value is -2.72. The van der Waals surface area contributed by atoms with Crippen molar-refractivity contribution >= 4 is 51.0 Å². The molecule has 0 saturated carbocycles. The van der Waals surface area contributed by atoms with Gasteiger partial charge in [0.1, 0.15) is 23.4 Å². The van der Waals surface area contributed by atoms with E-state index in [4.69, 9.17) is 9.84 Å². The summed E-state index contributed by atoms with van der Waals surface area (Å²) in [6, 6.07) is 11.4. The van der Waals surface area contributed by atoms with Crippen LogP contribution in [-0.2, 0) is 16.2 Å². The molecule has 0 spiro atoms. The van der Waals surface area contributed by atoms with Gasteiger partial charge < -0.3 is 15.2 Å². The molecule has 1 saturated heterocycles. The zero-order valence-corrected chi connectivity index (χ0v) is 17.2. The van der Waals surface area contributed by atoms with Crippen LogP contribution in [0.5, 0.6) is 5.75 Å². The third kappa shape index (κ3) is 6.13. The topological polar surface area (TPSA) is 100 Å². The second kappa shape index (κ2) is 9.66. The Labute approximate surface area is 178 Å². The second-order valence-corrected chi connectivity index (χ2v) is 8.05. The molecular weight excluding hydrogens is 465 g/mol. The van der Waals surface area contributed by atoms with E-state index < -0.39 is 17.1 Å². The molecule has 1 unspecified atom stereocenters. The lowest BCUT2D eigenvalue weighted by Gasteiger charge is -2.09. The fraction of sp³-hybridized carbons (Fsp3) is 0.158. The van der Waals surface area contributed by atoms with E-state index in [0.29, 0.717) is 11.3 Å². The smallest absolute Gasteiger partial charge is 0.305 e. The second-order valence-electron chi connectivity index (χ2n) is 5.94. The Kier molecular flexibility index (Phi) is 6.99. The Morgan fingerprint density at radius 3 is 2.79 bits per heavy atom. The highest BCUT2D eigenvalue weighted by Crippen LogP contribution is 2.24. The average Bonchev–Trinajstić information content (AvgIpc) is 3.01. The molecule has 0 aliphatic carbocycles. The summed E-state index contributed by atoms with van der Waals surface area (Å²) in [5.41, 5.74) is 1.45. The molecule has 0 bridgehead atoms. The van der Waals surface area contributed by atoms with Crippen molar-refractivity contribution in [2.24, 2.45) is 10.2 Å². The zero-order valence-electron chi connectivity index (χ0n) is 14.8. The molecule has 2 aromatic rings. The summed E-state index contributed by atoms with van der Waals surface area (Å²) in [6.07, 6.45) is 1.18. The molecule has 1 fully saturated rings. The van der Waals surface area contributed by atoms with Gasteiger partial charge in [-0.25, -0.2) is 4.39 Å². The van der Waals surface area contributed by atoms with Crippen LogP contribution in [0.4, 0.5) is 4.39 Å². The monoisotopic (exact) mass is 479 g/mol. The van der Waals surface area contributed by atoms with E-state index in [-0.39, 0.29) is 24.0 Å². The van der Waals surface area contributed by atoms with Crippen molar-refractivity contribution in [3.8, 4) is 5.75 Å². The van der Waals surface area contributed by atoms with Gasteiger partial charge in [-0.3, -0.25) is 9.59 Å². The van der Waals surface area contributed by atoms with E-state index >= 15 is 0 Å². The number of hydrogen-bond acceptors (Lipinski definition) is 6. The summed E-state index contributed by atoms with van der Waals surface area (Å²) < 4.78 is 19.6. The van der Waals surface area contributed by atoms with Gasteiger partial charge in [0, 0.05) is 10.0 Å². The number of ether oxygens (including phenoxy) is 1. The molecule has 150 valence electrons. The number of aliphatic carboxylic acids is 1. The number of carboxylic acid groups (broad SMARTS) is 1. The zero-order chi connectivity index (χ0) is 20.8. The minimum absolute atomic E-state index is 0.237. The SMILES string of the molecule is O=C(O)CC1SC(=NN=Cc2cc(Br)ccc2OCc2ccc(F)cc2)NC1=O. The largest absolute Gasteiger partial charge is 0.488 e. The van der Waals surface area contributed by atoms with Gasteiger partial charge >= 0.3 is 5.97 Å². The third-order valence-corrected chi connectivity index (χ3v) is 5.33. The predicted molar refractivity (Wildman–Crippen MR) is 112 cm³/mol. The summed E-state index contributed by atoms with van der Waals surface area (Å²) in [5, 5.41) is 18.7. The maximum atomic E-state index is 13.0. The number of thioether (sulfide) groups is 1. The maximum Gasteiger partial charge on any atom is 0.305 e. The van der Waals surface area contributed by atoms with Gasteiger partial charge in [0.25, 0.3) is 0 Å². The van der Waals surface area contributed by atoms with Crippen LogP contribution in [-0.4, -0.2) is 33.6 Å². The highest BCUT2D eigenvalue weighted by molar-refractivity contribution is 9.10. The van der Waals surface area contributed by atoms with Gasteiger partial charge in [-0.2, -0.15) is 5.10 Å². The summed E-state index contributed by atoms with van der Waals surface area (Å²) in [5.74, 6) is -1.23. The van der Waals surface area contributed by atoms with Gasteiger partial charge in [-0.1, -0.05) is 39.8 Å². The minimum Gasteiger partial charge on any atom is -0.488 e. The van der Waals surface area contributed by atoms with E-state index in [1.54, 1.807) is 24.3 Å². The van der Waals surface area contributed by atoms with Crippen LogP contribution < -0.4 is 10.1 Å². The number of nitrogens with zero attached hydrogens (tertiary/aromatic N) is 2. The number of benzene rings is 2. The van der Waals surface area contributed by atoms with E-state index in [1.165, 1.54) is 18.3 Å². The predicted octanol–water partition coefficient (Wildman–Crippen LogP) is 3.56. The lowest BCUT2D eigenvalue weighted by molar-refractivity contribution is -0.138. The molecule has 7 nitrogen and oxygen atoms in total. The maximum absolute atomic E-state index is 13.0. The first kappa shape index (κ1) is 21.0. The van der Waals surface area contributed by atoms with E-state index in [2.05, 4.69) is 31.4 Å². The fourth-order valence-corrected chi connectivity index (χ4v) is 3.68. The first-order valence-electron chi connectivity index (χ1n) is 8.38. The summed E-state index contributed by atoms with van der Waals surface area (Å²) in [4.78, 5) is 22.5. The summed E-state index contributed by atoms with van der Waals surface area (Å²) in [6.45, 7) is 0.250. The Bertz CT molecular complexity index is 982. The molecule has 1 atom stereocenters. The van der Waals surface area contributed by atoms with Crippen molar-refractivity contribution in [1.29, 1.82) is 0 Å². The quantitative estimate of drug-likeness (QED) is 0.467. The van der Waals surface area contributed by atoms with E-state index in [1.807, 2.05) is 6.07 Å². The molecule has 1 aliphatic rings. The van der Waals surface area contributed by atoms with Crippen LogP contribution in [0.3, 0.4) is 0 Å². The molecule has 0 radical (unpaired) electrons. The van der Waals surface area contributed by atoms with Crippen LogP contribution in [0.15, 0.2) is 57.1 Å². The average molecular weight is 480 g/mol. The molecule has 10 heteroatoms. The number of rotatable bonds is 7. The van der Waals surface area contributed by atoms with Crippen LogP contribution >= 0.6 is 27.7 Å². The molecule has 2 N–H and O–H groups in total. The lowest BCUT2D eigenvalue weighted by Crippen LogP contribution is -2.26. The Morgan fingerprint density at radius 1 is 1.31 bits per heavy atom. The number of nitrogens with one attached hydrogen (secondary N) is 1. The number of halogens is 2. The van der Waals surface area contributed by atoms with Crippen LogP contribution in [0, 0.1) is 5.82 Å². The normalized spacial score (nSPS) is 17.7. The highest BCUT2D eigenvalue weighted by atomic mass is 79.9. The highest BCUT2D eigenvalue weighted by Gasteiger charge is 2.32. The van der Waals surface area contributed by atoms with Crippen molar-refractivity contribution in [2.75, 3.05) is 0 Å². The molecule has 1 aliphatic heterocycles. The van der Waals surface area contributed by atoms with Gasteiger partial charge in [0.05, 0.1) is 12.6 Å². The molecule has 29 heavy (non-hydrogen) atoms. The first-order chi connectivity index (χ1) is 13.9. The molecule has 0 aromatic heterocycles. The number of carboxylic acids is 1. The van der Waals surface area contributed by atoms with Crippen molar-refractivity contribution in [3.63, 3.8) is 0 Å². The molecule has 1 heterocycles. The fourth-order valence-electron chi connectivity index (χ4n) is 2.38. The van der Waals surface area contributed by atoms with Gasteiger partial charge in [-0.15, -0.1) is 5.10 Å². The van der Waals surface area contributed by atoms with Gasteiger partial charge in [0.15, 0.2) is 5.17 Å². The van der Waals surface area contributed by atoms with Crippen molar-refractivity contribution < 1.29 is 23.8 Å². The lowest BCUT2D eigenvalue weighted by atomic mass is 10.2. The molecule has 3 rings (SSSR count). The van der Waals surface area contributed by atoms with E-state index in [0.717, 1.165) is 21.8 Å². The van der Waals surface area contributed by atoms with Gasteiger partial charge in [0.2, 0.25) is 5.91 Å². The van der Waals surface area contributed by atoms with Crippen LogP contribution in [0.25, 0.3) is 0 Å². The van der Waals surface area contributed by atoms with Crippen molar-refractivity contribution in [1.82, 2.24) is 5.32 Å². The van der Waals surface area contributed by atoms with Crippen molar-refractivity contribution in [3.05, 3.63) is 63.9 Å².